The zero-order chi connectivity index (χ0) is 10.7. The van der Waals surface area contributed by atoms with Crippen LogP contribution in [0, 0.1) is 6.92 Å². The first-order chi connectivity index (χ1) is 6.57. The molecule has 0 heterocycles. The quantitative estimate of drug-likeness (QED) is 0.844. The molecule has 0 aliphatic heterocycles. The number of halogens is 1. The van der Waals surface area contributed by atoms with Crippen LogP contribution >= 0.6 is 15.9 Å². The summed E-state index contributed by atoms with van der Waals surface area (Å²) in [5.41, 5.74) is 1.85. The number of hydrogen-bond acceptors (Lipinski definition) is 2. The predicted molar refractivity (Wildman–Crippen MR) is 59.6 cm³/mol. The Morgan fingerprint density at radius 2 is 2.21 bits per heavy atom. The standard InChI is InChI=1S/C11H13BrO2/c1-7(5-6-13)11-8(2)9(12)3-4-10(11)14/h3-4,6-7,14H,5H2,1-2H3. The molecule has 3 heteroatoms. The Morgan fingerprint density at radius 3 is 2.79 bits per heavy atom. The Morgan fingerprint density at radius 1 is 1.57 bits per heavy atom. The van der Waals surface area contributed by atoms with Gasteiger partial charge in [0.25, 0.3) is 0 Å². The van der Waals surface area contributed by atoms with E-state index in [4.69, 9.17) is 0 Å². The van der Waals surface area contributed by atoms with Gasteiger partial charge in [0.05, 0.1) is 0 Å². The van der Waals surface area contributed by atoms with Crippen LogP contribution in [0.1, 0.15) is 30.4 Å². The van der Waals surface area contributed by atoms with Crippen LogP contribution in [0.4, 0.5) is 0 Å². The third-order valence-electron chi connectivity index (χ3n) is 2.37. The fourth-order valence-electron chi connectivity index (χ4n) is 1.57. The zero-order valence-corrected chi connectivity index (χ0v) is 9.84. The molecule has 0 aliphatic carbocycles. The number of aromatic hydroxyl groups is 1. The second-order valence-electron chi connectivity index (χ2n) is 3.41. The lowest BCUT2D eigenvalue weighted by atomic mass is 9.93. The second kappa shape index (κ2) is 4.60. The van der Waals surface area contributed by atoms with Gasteiger partial charge in [-0.1, -0.05) is 22.9 Å². The van der Waals surface area contributed by atoms with Crippen LogP contribution in [0.3, 0.4) is 0 Å². The summed E-state index contributed by atoms with van der Waals surface area (Å²) in [6, 6.07) is 3.45. The highest BCUT2D eigenvalue weighted by atomic mass is 79.9. The van der Waals surface area contributed by atoms with E-state index in [-0.39, 0.29) is 11.7 Å². The van der Waals surface area contributed by atoms with E-state index in [1.165, 1.54) is 0 Å². The largest absolute Gasteiger partial charge is 0.508 e. The number of rotatable bonds is 3. The van der Waals surface area contributed by atoms with Gasteiger partial charge in [0.2, 0.25) is 0 Å². The first-order valence-electron chi connectivity index (χ1n) is 4.49. The van der Waals surface area contributed by atoms with E-state index >= 15 is 0 Å². The monoisotopic (exact) mass is 256 g/mol. The third-order valence-corrected chi connectivity index (χ3v) is 3.23. The molecule has 1 rings (SSSR count). The van der Waals surface area contributed by atoms with Crippen molar-refractivity contribution >= 4 is 22.2 Å². The van der Waals surface area contributed by atoms with Gasteiger partial charge >= 0.3 is 0 Å². The van der Waals surface area contributed by atoms with Gasteiger partial charge in [-0.15, -0.1) is 0 Å². The lowest BCUT2D eigenvalue weighted by Crippen LogP contribution is -1.98. The Labute approximate surface area is 92.1 Å². The molecule has 0 spiro atoms. The van der Waals surface area contributed by atoms with Crippen LogP contribution < -0.4 is 0 Å². The van der Waals surface area contributed by atoms with Crippen molar-refractivity contribution in [3.05, 3.63) is 27.7 Å². The molecule has 1 aromatic rings. The van der Waals surface area contributed by atoms with Crippen molar-refractivity contribution in [1.29, 1.82) is 0 Å². The Hall–Kier alpha value is -0.830. The molecule has 0 aromatic heterocycles. The fraction of sp³-hybridized carbons (Fsp3) is 0.364. The Kier molecular flexibility index (Phi) is 3.69. The summed E-state index contributed by atoms with van der Waals surface area (Å²) in [6.07, 6.45) is 1.31. The fourth-order valence-corrected chi connectivity index (χ4v) is 1.92. The van der Waals surface area contributed by atoms with Crippen molar-refractivity contribution in [1.82, 2.24) is 0 Å². The number of phenolic OH excluding ortho intramolecular Hbond substituents is 1. The van der Waals surface area contributed by atoms with Crippen molar-refractivity contribution in [2.75, 3.05) is 0 Å². The Bertz CT molecular complexity index is 347. The maximum Gasteiger partial charge on any atom is 0.120 e. The van der Waals surface area contributed by atoms with Crippen LogP contribution in [-0.4, -0.2) is 11.4 Å². The molecule has 0 saturated heterocycles. The first kappa shape index (κ1) is 11.2. The molecule has 2 nitrogen and oxygen atoms in total. The topological polar surface area (TPSA) is 37.3 Å². The molecule has 1 N–H and O–H groups in total. The zero-order valence-electron chi connectivity index (χ0n) is 8.25. The van der Waals surface area contributed by atoms with Gasteiger partial charge in [-0.05, 0) is 30.5 Å². The minimum atomic E-state index is 0.0602. The molecule has 1 aromatic carbocycles. The second-order valence-corrected chi connectivity index (χ2v) is 4.26. The summed E-state index contributed by atoms with van der Waals surface area (Å²) in [6.45, 7) is 3.86. The molecular weight excluding hydrogens is 244 g/mol. The summed E-state index contributed by atoms with van der Waals surface area (Å²) < 4.78 is 0.961. The van der Waals surface area contributed by atoms with E-state index in [1.54, 1.807) is 6.07 Å². The summed E-state index contributed by atoms with van der Waals surface area (Å²) in [7, 11) is 0. The molecule has 0 fully saturated rings. The average molecular weight is 257 g/mol. The molecule has 1 atom stereocenters. The van der Waals surface area contributed by atoms with Crippen LogP contribution in [0.25, 0.3) is 0 Å². The van der Waals surface area contributed by atoms with Gasteiger partial charge in [0.1, 0.15) is 12.0 Å². The highest BCUT2D eigenvalue weighted by Gasteiger charge is 2.14. The van der Waals surface area contributed by atoms with Crippen molar-refractivity contribution in [3.8, 4) is 5.75 Å². The van der Waals surface area contributed by atoms with Gasteiger partial charge in [-0.25, -0.2) is 0 Å². The maximum atomic E-state index is 10.4. The lowest BCUT2D eigenvalue weighted by Gasteiger charge is -2.14. The van der Waals surface area contributed by atoms with E-state index < -0.39 is 0 Å². The van der Waals surface area contributed by atoms with Gasteiger partial charge in [0, 0.05) is 16.5 Å². The normalized spacial score (nSPS) is 12.5. The van der Waals surface area contributed by atoms with Crippen molar-refractivity contribution in [3.63, 3.8) is 0 Å². The highest BCUT2D eigenvalue weighted by molar-refractivity contribution is 9.10. The minimum absolute atomic E-state index is 0.0602. The summed E-state index contributed by atoms with van der Waals surface area (Å²) in [4.78, 5) is 10.4. The van der Waals surface area contributed by atoms with Crippen LogP contribution in [0.5, 0.6) is 5.75 Å². The number of aldehydes is 1. The summed E-state index contributed by atoms with van der Waals surface area (Å²) >= 11 is 3.40. The van der Waals surface area contributed by atoms with Crippen molar-refractivity contribution in [2.45, 2.75) is 26.2 Å². The van der Waals surface area contributed by atoms with E-state index in [0.717, 1.165) is 21.9 Å². The van der Waals surface area contributed by atoms with Crippen LogP contribution in [0.15, 0.2) is 16.6 Å². The Balaban J connectivity index is 3.17. The van der Waals surface area contributed by atoms with Gasteiger partial charge in [-0.3, -0.25) is 0 Å². The lowest BCUT2D eigenvalue weighted by molar-refractivity contribution is -0.108. The summed E-state index contributed by atoms with van der Waals surface area (Å²) in [5.74, 6) is 0.324. The molecule has 0 amide bonds. The molecule has 0 aliphatic rings. The highest BCUT2D eigenvalue weighted by Crippen LogP contribution is 2.34. The van der Waals surface area contributed by atoms with E-state index in [9.17, 15) is 9.90 Å². The molecular formula is C11H13BrO2. The molecule has 76 valence electrons. The van der Waals surface area contributed by atoms with E-state index in [1.807, 2.05) is 19.9 Å². The van der Waals surface area contributed by atoms with Crippen molar-refractivity contribution in [2.24, 2.45) is 0 Å². The number of hydrogen-bond donors (Lipinski definition) is 1. The number of phenols is 1. The summed E-state index contributed by atoms with van der Waals surface area (Å²) in [5, 5.41) is 9.68. The van der Waals surface area contributed by atoms with E-state index in [0.29, 0.717) is 6.42 Å². The van der Waals surface area contributed by atoms with Gasteiger partial charge in [-0.2, -0.15) is 0 Å². The number of carbonyl (C=O) groups is 1. The molecule has 0 radical (unpaired) electrons. The smallest absolute Gasteiger partial charge is 0.120 e. The third kappa shape index (κ3) is 2.15. The SMILES string of the molecule is Cc1c(Br)ccc(O)c1C(C)CC=O. The molecule has 0 bridgehead atoms. The minimum Gasteiger partial charge on any atom is -0.508 e. The molecule has 0 saturated carbocycles. The molecule has 14 heavy (non-hydrogen) atoms. The van der Waals surface area contributed by atoms with Gasteiger partial charge < -0.3 is 9.90 Å². The van der Waals surface area contributed by atoms with Crippen LogP contribution in [-0.2, 0) is 4.79 Å². The maximum absolute atomic E-state index is 10.4. The number of carbonyl (C=O) groups excluding carboxylic acids is 1. The van der Waals surface area contributed by atoms with E-state index in [2.05, 4.69) is 15.9 Å². The predicted octanol–water partition coefficient (Wildman–Crippen LogP) is 3.16. The average Bonchev–Trinajstić information content (AvgIpc) is 2.13. The molecule has 1 unspecified atom stereocenters. The first-order valence-corrected chi connectivity index (χ1v) is 5.28. The number of benzene rings is 1. The van der Waals surface area contributed by atoms with Crippen molar-refractivity contribution < 1.29 is 9.90 Å². The van der Waals surface area contributed by atoms with Crippen LogP contribution in [0.2, 0.25) is 0 Å². The van der Waals surface area contributed by atoms with Gasteiger partial charge in [0.15, 0.2) is 0 Å².